The third-order valence-corrected chi connectivity index (χ3v) is 6.70. The van der Waals surface area contributed by atoms with Gasteiger partial charge in [0.05, 0.1) is 10.4 Å². The van der Waals surface area contributed by atoms with E-state index >= 15 is 0 Å². The van der Waals surface area contributed by atoms with Crippen LogP contribution in [0.5, 0.6) is 0 Å². The molecule has 24 heavy (non-hydrogen) atoms. The molecule has 3 nitrogen and oxygen atoms in total. The number of esters is 1. The normalized spacial score (nSPS) is 36.6. The molecule has 5 heteroatoms. The monoisotopic (exact) mass is 366 g/mol. The third kappa shape index (κ3) is 2.76. The topological polar surface area (TPSA) is 43.4 Å². The van der Waals surface area contributed by atoms with E-state index in [1.54, 1.807) is 24.3 Å². The van der Waals surface area contributed by atoms with Gasteiger partial charge >= 0.3 is 5.97 Å². The minimum atomic E-state index is -0.480. The fourth-order valence-corrected chi connectivity index (χ4v) is 6.37. The summed E-state index contributed by atoms with van der Waals surface area (Å²) in [7, 11) is 0. The average molecular weight is 367 g/mol. The minimum Gasteiger partial charge on any atom is -0.457 e. The standard InChI is InChI=1S/C19H20Cl2O3/c20-15-4-2-1-3-14(15)16(22)10-24-17(23)18-6-12-5-13(7-18)9-19(21,8-12)11-18/h1-4,12-13H,5-11H2/t12-,13+,18?,19?. The molecule has 0 saturated heterocycles. The smallest absolute Gasteiger partial charge is 0.312 e. The molecule has 4 fully saturated rings. The van der Waals surface area contributed by atoms with Gasteiger partial charge in [-0.3, -0.25) is 9.59 Å². The molecule has 0 radical (unpaired) electrons. The fraction of sp³-hybridized carbons (Fsp3) is 0.579. The molecule has 1 aromatic carbocycles. The predicted molar refractivity (Wildman–Crippen MR) is 92.4 cm³/mol. The van der Waals surface area contributed by atoms with E-state index in [4.69, 9.17) is 27.9 Å². The van der Waals surface area contributed by atoms with Crippen molar-refractivity contribution in [3.8, 4) is 0 Å². The molecule has 4 aliphatic carbocycles. The lowest BCUT2D eigenvalue weighted by Gasteiger charge is -2.58. The molecule has 4 bridgehead atoms. The lowest BCUT2D eigenvalue weighted by atomic mass is 9.49. The van der Waals surface area contributed by atoms with E-state index in [0.717, 1.165) is 25.7 Å². The second-order valence-corrected chi connectivity index (χ2v) is 9.08. The Morgan fingerprint density at radius 1 is 1.12 bits per heavy atom. The number of alkyl halides is 1. The Morgan fingerprint density at radius 2 is 1.79 bits per heavy atom. The Labute approximate surface area is 151 Å². The van der Waals surface area contributed by atoms with Gasteiger partial charge in [-0.25, -0.2) is 0 Å². The number of rotatable bonds is 4. The minimum absolute atomic E-state index is 0.240. The van der Waals surface area contributed by atoms with Gasteiger partial charge in [-0.1, -0.05) is 23.7 Å². The second-order valence-electron chi connectivity index (χ2n) is 7.87. The first-order chi connectivity index (χ1) is 11.4. The van der Waals surface area contributed by atoms with Crippen LogP contribution in [0.3, 0.4) is 0 Å². The summed E-state index contributed by atoms with van der Waals surface area (Å²) in [4.78, 5) is 24.8. The van der Waals surface area contributed by atoms with Gasteiger partial charge in [0.2, 0.25) is 5.78 Å². The number of carbonyl (C=O) groups excluding carboxylic acids is 2. The van der Waals surface area contributed by atoms with Crippen molar-refractivity contribution in [2.75, 3.05) is 6.61 Å². The van der Waals surface area contributed by atoms with Crippen LogP contribution in [0.4, 0.5) is 0 Å². The van der Waals surface area contributed by atoms with Gasteiger partial charge in [0.1, 0.15) is 0 Å². The van der Waals surface area contributed by atoms with Crippen molar-refractivity contribution in [1.29, 1.82) is 0 Å². The maximum atomic E-state index is 12.8. The summed E-state index contributed by atoms with van der Waals surface area (Å²) in [6.07, 6.45) is 5.61. The lowest BCUT2D eigenvalue weighted by Crippen LogP contribution is -2.56. The van der Waals surface area contributed by atoms with Gasteiger partial charge in [-0.15, -0.1) is 11.6 Å². The summed E-state index contributed by atoms with van der Waals surface area (Å²) >= 11 is 12.8. The summed E-state index contributed by atoms with van der Waals surface area (Å²) in [5.41, 5.74) is -0.0849. The van der Waals surface area contributed by atoms with E-state index in [9.17, 15) is 9.59 Å². The molecule has 1 aromatic rings. The molecular weight excluding hydrogens is 347 g/mol. The van der Waals surface area contributed by atoms with Crippen molar-refractivity contribution < 1.29 is 14.3 Å². The van der Waals surface area contributed by atoms with Crippen molar-refractivity contribution in [2.24, 2.45) is 17.3 Å². The van der Waals surface area contributed by atoms with E-state index < -0.39 is 5.41 Å². The van der Waals surface area contributed by atoms with Crippen LogP contribution in [0.15, 0.2) is 24.3 Å². The molecule has 4 saturated carbocycles. The van der Waals surface area contributed by atoms with Crippen molar-refractivity contribution >= 4 is 35.0 Å². The van der Waals surface area contributed by atoms with Gasteiger partial charge < -0.3 is 4.74 Å². The molecule has 0 aliphatic heterocycles. The Morgan fingerprint density at radius 3 is 2.42 bits per heavy atom. The molecule has 4 aliphatic rings. The summed E-state index contributed by atoms with van der Waals surface area (Å²) in [6, 6.07) is 6.82. The lowest BCUT2D eigenvalue weighted by molar-refractivity contribution is -0.168. The second kappa shape index (κ2) is 5.74. The van der Waals surface area contributed by atoms with Crippen LogP contribution in [0.1, 0.15) is 48.9 Å². The summed E-state index contributed by atoms with van der Waals surface area (Å²) < 4.78 is 5.44. The van der Waals surface area contributed by atoms with Crippen LogP contribution in [0.2, 0.25) is 5.02 Å². The van der Waals surface area contributed by atoms with Crippen LogP contribution in [-0.4, -0.2) is 23.2 Å². The maximum absolute atomic E-state index is 12.8. The van der Waals surface area contributed by atoms with Crippen molar-refractivity contribution in [3.63, 3.8) is 0 Å². The summed E-state index contributed by atoms with van der Waals surface area (Å²) in [5, 5.41) is 0.382. The van der Waals surface area contributed by atoms with Gasteiger partial charge in [-0.05, 0) is 62.5 Å². The SMILES string of the molecule is O=C(COC(=O)C12C[C@@H]3C[C@@H](CC(Cl)(C3)C1)C2)c1ccccc1Cl. The predicted octanol–water partition coefficient (Wildman–Crippen LogP) is 4.64. The molecule has 0 aromatic heterocycles. The highest BCUT2D eigenvalue weighted by molar-refractivity contribution is 6.34. The zero-order valence-electron chi connectivity index (χ0n) is 13.4. The van der Waals surface area contributed by atoms with Crippen molar-refractivity contribution in [2.45, 2.75) is 43.4 Å². The number of hydrogen-bond donors (Lipinski definition) is 0. The first kappa shape index (κ1) is 16.4. The molecule has 0 heterocycles. The highest BCUT2D eigenvalue weighted by atomic mass is 35.5. The third-order valence-electron chi connectivity index (χ3n) is 5.93. The van der Waals surface area contributed by atoms with Crippen molar-refractivity contribution in [1.82, 2.24) is 0 Å². The summed E-state index contributed by atoms with van der Waals surface area (Å²) in [5.74, 6) is 0.535. The molecule has 5 rings (SSSR count). The number of hydrogen-bond acceptors (Lipinski definition) is 3. The van der Waals surface area contributed by atoms with E-state index in [0.29, 0.717) is 28.8 Å². The Balaban J connectivity index is 1.45. The van der Waals surface area contributed by atoms with E-state index in [1.165, 1.54) is 6.42 Å². The Hall–Kier alpha value is -1.06. The number of Topliss-reactive ketones (excluding diaryl/α,β-unsaturated/α-hetero) is 1. The average Bonchev–Trinajstić information content (AvgIpc) is 2.50. The highest BCUT2D eigenvalue weighted by Gasteiger charge is 2.60. The zero-order valence-corrected chi connectivity index (χ0v) is 14.9. The molecule has 0 N–H and O–H groups in total. The number of halogens is 2. The molecule has 0 amide bonds. The highest BCUT2D eigenvalue weighted by Crippen LogP contribution is 2.64. The van der Waals surface area contributed by atoms with Gasteiger partial charge in [0, 0.05) is 10.4 Å². The van der Waals surface area contributed by atoms with Crippen LogP contribution in [-0.2, 0) is 9.53 Å². The molecule has 4 atom stereocenters. The summed E-state index contributed by atoms with van der Waals surface area (Å²) in [6.45, 7) is -0.255. The first-order valence-electron chi connectivity index (χ1n) is 8.53. The van der Waals surface area contributed by atoms with Crippen LogP contribution in [0.25, 0.3) is 0 Å². The Bertz CT molecular complexity index is 686. The van der Waals surface area contributed by atoms with Crippen LogP contribution >= 0.6 is 23.2 Å². The molecule has 0 spiro atoms. The first-order valence-corrected chi connectivity index (χ1v) is 9.29. The van der Waals surface area contributed by atoms with Crippen LogP contribution in [0, 0.1) is 17.3 Å². The van der Waals surface area contributed by atoms with Gasteiger partial charge in [0.15, 0.2) is 6.61 Å². The van der Waals surface area contributed by atoms with Crippen molar-refractivity contribution in [3.05, 3.63) is 34.9 Å². The maximum Gasteiger partial charge on any atom is 0.312 e. The molecule has 2 unspecified atom stereocenters. The largest absolute Gasteiger partial charge is 0.457 e. The molecular formula is C19H20Cl2O3. The quantitative estimate of drug-likeness (QED) is 0.442. The van der Waals surface area contributed by atoms with E-state index in [2.05, 4.69) is 0 Å². The van der Waals surface area contributed by atoms with E-state index in [-0.39, 0.29) is 23.2 Å². The molecule has 128 valence electrons. The zero-order chi connectivity index (χ0) is 16.9. The number of carbonyl (C=O) groups is 2. The number of ketones is 1. The number of benzene rings is 1. The van der Waals surface area contributed by atoms with E-state index in [1.807, 2.05) is 0 Å². The van der Waals surface area contributed by atoms with Gasteiger partial charge in [-0.2, -0.15) is 0 Å². The van der Waals surface area contributed by atoms with Crippen LogP contribution < -0.4 is 0 Å². The Kier molecular flexibility index (Phi) is 3.92. The fourth-order valence-electron chi connectivity index (χ4n) is 5.44. The number of ether oxygens (including phenoxy) is 1. The van der Waals surface area contributed by atoms with Gasteiger partial charge in [0.25, 0.3) is 0 Å².